The van der Waals surface area contributed by atoms with Crippen molar-refractivity contribution in [1.82, 2.24) is 9.71 Å². The number of nitrogens with zero attached hydrogens (tertiary/aromatic N) is 1. The summed E-state index contributed by atoms with van der Waals surface area (Å²) in [5.41, 5.74) is 1.61. The van der Waals surface area contributed by atoms with Crippen LogP contribution in [0.15, 0.2) is 78.0 Å². The first-order valence-corrected chi connectivity index (χ1v) is 10.0. The van der Waals surface area contributed by atoms with E-state index in [0.29, 0.717) is 15.5 Å². The van der Waals surface area contributed by atoms with Crippen molar-refractivity contribution in [2.75, 3.05) is 0 Å². The average Bonchev–Trinajstić information content (AvgIpc) is 2.68. The topological polar surface area (TPSA) is 59.1 Å². The Kier molecular flexibility index (Phi) is 5.60. The third kappa shape index (κ3) is 4.98. The molecule has 4 nitrogen and oxygen atoms in total. The smallest absolute Gasteiger partial charge is 0.264 e. The van der Waals surface area contributed by atoms with Gasteiger partial charge in [-0.05, 0) is 48.3 Å². The number of benzene rings is 2. The van der Waals surface area contributed by atoms with Crippen LogP contribution in [-0.4, -0.2) is 21.0 Å². The van der Waals surface area contributed by atoms with Gasteiger partial charge in [0.2, 0.25) is 0 Å². The molecule has 2 aromatic carbocycles. The van der Waals surface area contributed by atoms with E-state index in [1.54, 1.807) is 66.9 Å². The minimum atomic E-state index is -2.96. The largest absolute Gasteiger partial charge is 0.275 e. The van der Waals surface area contributed by atoms with Crippen molar-refractivity contribution < 1.29 is 9.00 Å². The zero-order valence-corrected chi connectivity index (χ0v) is 15.8. The third-order valence-corrected chi connectivity index (χ3v) is 5.38. The maximum absolute atomic E-state index is 12.7. The van der Waals surface area contributed by atoms with Crippen molar-refractivity contribution in [2.24, 2.45) is 0 Å². The van der Waals surface area contributed by atoms with Crippen LogP contribution in [0.25, 0.3) is 0 Å². The molecule has 1 amide bonds. The molecule has 0 aliphatic heterocycles. The Morgan fingerprint density at radius 1 is 1.00 bits per heavy atom. The molecule has 6 heteroatoms. The van der Waals surface area contributed by atoms with Crippen molar-refractivity contribution in [1.29, 1.82) is 0 Å². The molecular weight excluding hydrogens is 380 g/mol. The van der Waals surface area contributed by atoms with Gasteiger partial charge in [-0.15, -0.1) is 0 Å². The lowest BCUT2D eigenvalue weighted by Crippen LogP contribution is -2.30. The summed E-state index contributed by atoms with van der Waals surface area (Å²) >= 11 is 5.85. The lowest BCUT2D eigenvalue weighted by atomic mass is 10.2. The van der Waals surface area contributed by atoms with Crippen LogP contribution in [0.1, 0.15) is 21.5 Å². The number of aromatic nitrogens is 1. The minimum absolute atomic E-state index is 0.255. The summed E-state index contributed by atoms with van der Waals surface area (Å²) in [4.78, 5) is 17.0. The van der Waals surface area contributed by atoms with E-state index >= 15 is 0 Å². The maximum Gasteiger partial charge on any atom is 0.264 e. The van der Waals surface area contributed by atoms with E-state index < -0.39 is 15.6 Å². The molecule has 0 fully saturated rings. The van der Waals surface area contributed by atoms with Gasteiger partial charge in [0, 0.05) is 33.4 Å². The fourth-order valence-corrected chi connectivity index (χ4v) is 3.48. The molecule has 0 bridgehead atoms. The molecule has 0 spiro atoms. The van der Waals surface area contributed by atoms with Crippen LogP contribution in [0.4, 0.5) is 0 Å². The molecule has 27 heavy (non-hydrogen) atoms. The van der Waals surface area contributed by atoms with Gasteiger partial charge in [-0.3, -0.25) is 14.5 Å². The van der Waals surface area contributed by atoms with Crippen molar-refractivity contribution in [3.05, 3.63) is 94.8 Å². The molecule has 1 N–H and O–H groups in total. The highest BCUT2D eigenvalue weighted by molar-refractivity contribution is 7.99. The van der Waals surface area contributed by atoms with Crippen LogP contribution in [0.5, 0.6) is 0 Å². The molecule has 0 radical (unpaired) electrons. The highest BCUT2D eigenvalue weighted by Crippen LogP contribution is 2.10. The fourth-order valence-electron chi connectivity index (χ4n) is 2.22. The predicted octanol–water partition coefficient (Wildman–Crippen LogP) is 3.56. The van der Waals surface area contributed by atoms with Gasteiger partial charge in [0.15, 0.2) is 0 Å². The van der Waals surface area contributed by atoms with E-state index in [1.165, 1.54) is 6.20 Å². The van der Waals surface area contributed by atoms with Gasteiger partial charge in [0.25, 0.3) is 5.91 Å². The van der Waals surface area contributed by atoms with Gasteiger partial charge < -0.3 is 0 Å². The number of hydrogen-bond acceptors (Lipinski definition) is 3. The monoisotopic (exact) mass is 394 g/mol. The van der Waals surface area contributed by atoms with Crippen LogP contribution < -0.4 is 4.72 Å². The first kappa shape index (κ1) is 18.7. The van der Waals surface area contributed by atoms with E-state index in [-0.39, 0.29) is 5.56 Å². The standard InChI is InChI=1S/C21H15ClN2O2S/c1-27(26,20-5-3-2-4-6-20)24-21(25)18-13-17(14-23-15-18)8-7-16-9-11-19(22)12-10-16/h2-6,9-15H,1H2,(H,24,25,26). The highest BCUT2D eigenvalue weighted by atomic mass is 35.5. The Morgan fingerprint density at radius 2 is 1.67 bits per heavy atom. The molecule has 0 saturated carbocycles. The molecule has 0 aliphatic carbocycles. The number of nitrogens with one attached hydrogen (secondary N) is 1. The zero-order valence-electron chi connectivity index (χ0n) is 14.2. The first-order chi connectivity index (χ1) is 12.9. The maximum atomic E-state index is 12.7. The summed E-state index contributed by atoms with van der Waals surface area (Å²) in [5.74, 6) is 9.05. The number of carbonyl (C=O) groups excluding carboxylic acids is 1. The SMILES string of the molecule is C=S(=O)(NC(=O)c1cncc(C#Cc2ccc(Cl)cc2)c1)c1ccccc1. The summed E-state index contributed by atoms with van der Waals surface area (Å²) < 4.78 is 15.2. The molecule has 0 aliphatic rings. The Hall–Kier alpha value is -3.07. The number of amides is 1. The predicted molar refractivity (Wildman–Crippen MR) is 109 cm³/mol. The number of pyridine rings is 1. The molecule has 3 aromatic rings. The Labute approximate surface area is 163 Å². The van der Waals surface area contributed by atoms with Crippen molar-refractivity contribution >= 4 is 33.1 Å². The summed E-state index contributed by atoms with van der Waals surface area (Å²) in [6.07, 6.45) is 2.95. The van der Waals surface area contributed by atoms with Crippen molar-refractivity contribution in [2.45, 2.75) is 4.90 Å². The van der Waals surface area contributed by atoms with Crippen LogP contribution in [0.2, 0.25) is 5.02 Å². The Balaban J connectivity index is 1.79. The molecule has 1 aromatic heterocycles. The second kappa shape index (κ2) is 8.09. The van der Waals surface area contributed by atoms with Crippen LogP contribution in [0.3, 0.4) is 0 Å². The number of halogens is 1. The highest BCUT2D eigenvalue weighted by Gasteiger charge is 2.13. The van der Waals surface area contributed by atoms with E-state index in [0.717, 1.165) is 5.56 Å². The molecule has 134 valence electrons. The molecular formula is C21H15ClN2O2S. The van der Waals surface area contributed by atoms with Gasteiger partial charge in [0.1, 0.15) is 0 Å². The average molecular weight is 395 g/mol. The molecule has 1 heterocycles. The fraction of sp³-hybridized carbons (Fsp3) is 0. The van der Waals surface area contributed by atoms with Crippen molar-refractivity contribution in [3.63, 3.8) is 0 Å². The van der Waals surface area contributed by atoms with E-state index in [4.69, 9.17) is 11.6 Å². The van der Waals surface area contributed by atoms with Crippen LogP contribution in [0, 0.1) is 11.8 Å². The van der Waals surface area contributed by atoms with Gasteiger partial charge in [0.05, 0.1) is 15.3 Å². The summed E-state index contributed by atoms with van der Waals surface area (Å²) in [5, 5.41) is 0.635. The third-order valence-electron chi connectivity index (χ3n) is 3.58. The molecule has 3 rings (SSSR count). The van der Waals surface area contributed by atoms with E-state index in [2.05, 4.69) is 27.4 Å². The van der Waals surface area contributed by atoms with Crippen LogP contribution in [-0.2, 0) is 9.71 Å². The molecule has 1 unspecified atom stereocenters. The second-order valence-corrected chi connectivity index (χ2v) is 8.10. The number of rotatable bonds is 3. The number of hydrogen-bond donors (Lipinski definition) is 1. The molecule has 0 saturated heterocycles. The Morgan fingerprint density at radius 3 is 2.37 bits per heavy atom. The van der Waals surface area contributed by atoms with Gasteiger partial charge in [-0.1, -0.05) is 41.6 Å². The quantitative estimate of drug-likeness (QED) is 0.546. The minimum Gasteiger partial charge on any atom is -0.275 e. The van der Waals surface area contributed by atoms with E-state index in [1.807, 2.05) is 0 Å². The summed E-state index contributed by atoms with van der Waals surface area (Å²) in [7, 11) is -2.96. The van der Waals surface area contributed by atoms with Crippen LogP contribution >= 0.6 is 11.6 Å². The summed E-state index contributed by atoms with van der Waals surface area (Å²) in [6, 6.07) is 17.3. The second-order valence-electron chi connectivity index (χ2n) is 5.64. The normalized spacial score (nSPS) is 12.3. The Bertz CT molecular complexity index is 1130. The van der Waals surface area contributed by atoms with Gasteiger partial charge in [-0.25, -0.2) is 4.21 Å². The zero-order chi connectivity index (χ0) is 19.3. The van der Waals surface area contributed by atoms with Gasteiger partial charge in [-0.2, -0.15) is 0 Å². The number of carbonyl (C=O) groups is 1. The first-order valence-electron chi connectivity index (χ1n) is 7.91. The van der Waals surface area contributed by atoms with Crippen molar-refractivity contribution in [3.8, 4) is 11.8 Å². The summed E-state index contributed by atoms with van der Waals surface area (Å²) in [6.45, 7) is 0. The van der Waals surface area contributed by atoms with Gasteiger partial charge >= 0.3 is 0 Å². The molecule has 1 atom stereocenters. The lowest BCUT2D eigenvalue weighted by molar-refractivity contribution is 0.0982. The lowest BCUT2D eigenvalue weighted by Gasteiger charge is -2.11. The van der Waals surface area contributed by atoms with E-state index in [9.17, 15) is 9.00 Å².